The zero-order chi connectivity index (χ0) is 33.1. The van der Waals surface area contributed by atoms with Crippen molar-refractivity contribution >= 4 is 34.9 Å². The number of amides is 3. The lowest BCUT2D eigenvalue weighted by atomic mass is 9.97. The number of anilines is 2. The predicted octanol–water partition coefficient (Wildman–Crippen LogP) is 5.89. The maximum atomic E-state index is 13.9. The Morgan fingerprint density at radius 2 is 1.89 bits per heavy atom. The fourth-order valence-corrected chi connectivity index (χ4v) is 6.64. The van der Waals surface area contributed by atoms with E-state index in [0.717, 1.165) is 43.4 Å². The van der Waals surface area contributed by atoms with E-state index in [1.807, 2.05) is 24.0 Å². The number of aromatic nitrogens is 2. The number of carbonyl (C=O) groups is 2. The first-order chi connectivity index (χ1) is 22.6. The van der Waals surface area contributed by atoms with Gasteiger partial charge in [0.15, 0.2) is 5.69 Å². The van der Waals surface area contributed by atoms with E-state index in [2.05, 4.69) is 10.3 Å². The van der Waals surface area contributed by atoms with E-state index < -0.39 is 23.8 Å². The van der Waals surface area contributed by atoms with E-state index in [-0.39, 0.29) is 35.4 Å². The van der Waals surface area contributed by atoms with Crippen LogP contribution in [0.4, 0.5) is 29.3 Å². The third kappa shape index (κ3) is 7.10. The molecule has 1 N–H and O–H groups in total. The number of hydrogen-bond donors (Lipinski definition) is 1. The highest BCUT2D eigenvalue weighted by Crippen LogP contribution is 2.40. The number of benzene rings is 1. The highest BCUT2D eigenvalue weighted by atomic mass is 35.5. The van der Waals surface area contributed by atoms with Crippen LogP contribution >= 0.6 is 11.6 Å². The van der Waals surface area contributed by atoms with Crippen LogP contribution in [-0.4, -0.2) is 85.4 Å². The van der Waals surface area contributed by atoms with Crippen LogP contribution in [0.1, 0.15) is 42.2 Å². The van der Waals surface area contributed by atoms with Crippen molar-refractivity contribution in [2.75, 3.05) is 62.3 Å². The molecule has 3 amide bonds. The summed E-state index contributed by atoms with van der Waals surface area (Å²) in [5.74, 6) is 0.541. The van der Waals surface area contributed by atoms with Gasteiger partial charge in [-0.2, -0.15) is 13.2 Å². The van der Waals surface area contributed by atoms with Crippen molar-refractivity contribution in [3.05, 3.63) is 64.9 Å². The van der Waals surface area contributed by atoms with Gasteiger partial charge in [0, 0.05) is 57.2 Å². The van der Waals surface area contributed by atoms with Crippen molar-refractivity contribution in [2.24, 2.45) is 5.92 Å². The number of urea groups is 1. The van der Waals surface area contributed by atoms with Gasteiger partial charge in [0.2, 0.25) is 5.88 Å². The predicted molar refractivity (Wildman–Crippen MR) is 171 cm³/mol. The van der Waals surface area contributed by atoms with E-state index in [9.17, 15) is 22.8 Å². The Kier molecular flexibility index (Phi) is 9.74. The van der Waals surface area contributed by atoms with Gasteiger partial charge in [0.05, 0.1) is 40.8 Å². The van der Waals surface area contributed by atoms with E-state index in [4.69, 9.17) is 26.1 Å². The lowest BCUT2D eigenvalue weighted by molar-refractivity contribution is -0.137. The van der Waals surface area contributed by atoms with Gasteiger partial charge in [0.25, 0.3) is 5.91 Å². The molecule has 10 nitrogen and oxygen atoms in total. The van der Waals surface area contributed by atoms with Gasteiger partial charge < -0.3 is 24.6 Å². The second-order valence-electron chi connectivity index (χ2n) is 11.8. The molecule has 0 radical (unpaired) electrons. The molecule has 3 aliphatic heterocycles. The monoisotopic (exact) mass is 672 g/mol. The van der Waals surface area contributed by atoms with Crippen molar-refractivity contribution in [1.29, 1.82) is 0 Å². The third-order valence-corrected chi connectivity index (χ3v) is 9.08. The van der Waals surface area contributed by atoms with E-state index in [1.165, 1.54) is 12.1 Å². The number of ether oxygens (including phenoxy) is 2. The van der Waals surface area contributed by atoms with Gasteiger partial charge >= 0.3 is 12.2 Å². The van der Waals surface area contributed by atoms with Gasteiger partial charge in [-0.25, -0.2) is 14.8 Å². The molecular formula is C33H36ClF3N6O4. The number of halogens is 4. The molecule has 3 saturated heterocycles. The molecule has 3 aliphatic rings. The Morgan fingerprint density at radius 1 is 1.11 bits per heavy atom. The van der Waals surface area contributed by atoms with Crippen LogP contribution in [0, 0.1) is 5.92 Å². The molecule has 14 heteroatoms. The fraction of sp³-hybridized carbons (Fsp3) is 0.455. The summed E-state index contributed by atoms with van der Waals surface area (Å²) in [6.07, 6.45) is -0.326. The van der Waals surface area contributed by atoms with Crippen molar-refractivity contribution < 1.29 is 32.2 Å². The molecule has 1 atom stereocenters. The molecule has 6 rings (SSSR count). The smallest absolute Gasteiger partial charge is 0.418 e. The van der Waals surface area contributed by atoms with Crippen LogP contribution in [0.15, 0.2) is 48.7 Å². The number of alkyl halides is 3. The van der Waals surface area contributed by atoms with Gasteiger partial charge in [-0.1, -0.05) is 11.6 Å². The molecule has 1 aromatic carbocycles. The zero-order valence-electron chi connectivity index (χ0n) is 25.9. The second-order valence-corrected chi connectivity index (χ2v) is 12.2. The molecular weight excluding hydrogens is 637 g/mol. The summed E-state index contributed by atoms with van der Waals surface area (Å²) in [7, 11) is 0. The molecule has 47 heavy (non-hydrogen) atoms. The van der Waals surface area contributed by atoms with Crippen LogP contribution < -0.4 is 19.9 Å². The maximum absolute atomic E-state index is 13.9. The minimum Gasteiger partial charge on any atom is -0.477 e. The largest absolute Gasteiger partial charge is 0.477 e. The molecule has 0 saturated carbocycles. The number of nitrogens with zero attached hydrogens (tertiary/aromatic N) is 5. The molecule has 0 bridgehead atoms. The molecule has 3 aromatic rings. The summed E-state index contributed by atoms with van der Waals surface area (Å²) in [5, 5.41) is 2.98. The number of fused-ring (bicyclic) bond motifs is 1. The fourth-order valence-electron chi connectivity index (χ4n) is 6.47. The first-order valence-electron chi connectivity index (χ1n) is 15.8. The van der Waals surface area contributed by atoms with Gasteiger partial charge in [-0.05, 0) is 74.6 Å². The van der Waals surface area contributed by atoms with Gasteiger partial charge in [0.1, 0.15) is 0 Å². The van der Waals surface area contributed by atoms with Gasteiger partial charge in [-0.3, -0.25) is 9.69 Å². The van der Waals surface area contributed by atoms with Crippen molar-refractivity contribution in [1.82, 2.24) is 20.2 Å². The zero-order valence-corrected chi connectivity index (χ0v) is 26.7. The van der Waals surface area contributed by atoms with Crippen molar-refractivity contribution in [2.45, 2.75) is 38.4 Å². The summed E-state index contributed by atoms with van der Waals surface area (Å²) in [5.41, 5.74) is 0.756. The third-order valence-electron chi connectivity index (χ3n) is 8.84. The lowest BCUT2D eigenvalue weighted by Crippen LogP contribution is -2.52. The first kappa shape index (κ1) is 32.8. The molecule has 0 aliphatic carbocycles. The van der Waals surface area contributed by atoms with Crippen LogP contribution in [0.25, 0.3) is 11.3 Å². The van der Waals surface area contributed by atoms with Crippen LogP contribution in [0.2, 0.25) is 5.02 Å². The van der Waals surface area contributed by atoms with Crippen molar-refractivity contribution in [3.63, 3.8) is 0 Å². The lowest BCUT2D eigenvalue weighted by Gasteiger charge is -2.38. The molecule has 3 fully saturated rings. The Labute approximate surface area is 275 Å². The quantitative estimate of drug-likeness (QED) is 0.303. The van der Waals surface area contributed by atoms with E-state index in [0.29, 0.717) is 55.0 Å². The number of piperazine rings is 1. The highest BCUT2D eigenvalue weighted by molar-refractivity contribution is 6.30. The number of pyridine rings is 2. The van der Waals surface area contributed by atoms with Crippen LogP contribution in [0.3, 0.4) is 0 Å². The topological polar surface area (TPSA) is 100 Å². The summed E-state index contributed by atoms with van der Waals surface area (Å²) in [4.78, 5) is 41.0. The summed E-state index contributed by atoms with van der Waals surface area (Å²) in [6, 6.07) is 9.74. The van der Waals surface area contributed by atoms with Crippen molar-refractivity contribution in [3.8, 4) is 17.1 Å². The number of hydrogen-bond acceptors (Lipinski definition) is 7. The minimum atomic E-state index is -4.69. The summed E-state index contributed by atoms with van der Waals surface area (Å²) < 4.78 is 52.9. The van der Waals surface area contributed by atoms with E-state index >= 15 is 0 Å². The average molecular weight is 673 g/mol. The SMILES string of the molecule is CCOc1ncccc1-c1ccc(N2CCN3C(=O)N(c4ccc(Cl)cc4C(F)(F)F)C[C@@H]3C2)c(C(=O)NCCC2CCOCC2)n1. The van der Waals surface area contributed by atoms with Crippen LogP contribution in [0.5, 0.6) is 5.88 Å². The summed E-state index contributed by atoms with van der Waals surface area (Å²) >= 11 is 5.89. The first-order valence-corrected chi connectivity index (χ1v) is 16.2. The standard InChI is InChI=1S/C33H36ClF3N6O4/c1-2-47-31-24(4-3-12-39-31)26-6-8-28(29(40-26)30(44)38-13-9-21-10-16-46-17-11-21)41-14-15-42-23(19-41)20-43(32(42)45)27-7-5-22(34)18-25(27)33(35,36)37/h3-8,12,18,21,23H,2,9-11,13-17,19-20H2,1H3,(H,38,44)/t23-/m0/s1. The maximum Gasteiger partial charge on any atom is 0.418 e. The second kappa shape index (κ2) is 13.9. The molecule has 2 aromatic heterocycles. The Balaban J connectivity index is 1.26. The number of rotatable bonds is 9. The van der Waals surface area contributed by atoms with Crippen LogP contribution in [-0.2, 0) is 10.9 Å². The Morgan fingerprint density at radius 3 is 2.66 bits per heavy atom. The summed E-state index contributed by atoms with van der Waals surface area (Å²) in [6.45, 7) is 5.17. The highest BCUT2D eigenvalue weighted by Gasteiger charge is 2.45. The molecule has 0 unspecified atom stereocenters. The Bertz CT molecular complexity index is 1620. The molecule has 250 valence electrons. The number of carbonyl (C=O) groups excluding carboxylic acids is 2. The number of nitrogens with one attached hydrogen (secondary N) is 1. The van der Waals surface area contributed by atoms with Gasteiger partial charge in [-0.15, -0.1) is 0 Å². The normalized spacial score (nSPS) is 18.8. The average Bonchev–Trinajstić information content (AvgIpc) is 3.40. The molecule has 0 spiro atoms. The Hall–Kier alpha value is -4.10. The molecule has 5 heterocycles. The minimum absolute atomic E-state index is 0.0472. The van der Waals surface area contributed by atoms with E-state index in [1.54, 1.807) is 23.2 Å².